The third kappa shape index (κ3) is 4.61. The van der Waals surface area contributed by atoms with Gasteiger partial charge in [0, 0.05) is 25.7 Å². The second-order valence-electron chi connectivity index (χ2n) is 6.24. The normalized spacial score (nSPS) is 10.7. The molecule has 2 aromatic rings. The van der Waals surface area contributed by atoms with E-state index < -0.39 is 11.7 Å². The highest BCUT2D eigenvalue weighted by Crippen LogP contribution is 2.27. The SMILES string of the molecule is CC(=O)N(CCNC(=O)c1c(F)cccc1Cl)c1ccccc1C(C)C. The summed E-state index contributed by atoms with van der Waals surface area (Å²) in [6, 6.07) is 11.7. The van der Waals surface area contributed by atoms with Crippen molar-refractivity contribution in [2.45, 2.75) is 26.7 Å². The van der Waals surface area contributed by atoms with E-state index in [4.69, 9.17) is 11.6 Å². The number of hydrogen-bond donors (Lipinski definition) is 1. The summed E-state index contributed by atoms with van der Waals surface area (Å²) in [5, 5.41) is 2.68. The van der Waals surface area contributed by atoms with Crippen LogP contribution in [0.25, 0.3) is 0 Å². The van der Waals surface area contributed by atoms with Gasteiger partial charge in [-0.3, -0.25) is 9.59 Å². The summed E-state index contributed by atoms with van der Waals surface area (Å²) < 4.78 is 13.8. The first-order valence-corrected chi connectivity index (χ1v) is 8.80. The lowest BCUT2D eigenvalue weighted by Gasteiger charge is -2.25. The highest BCUT2D eigenvalue weighted by Gasteiger charge is 2.18. The molecule has 2 rings (SSSR count). The lowest BCUT2D eigenvalue weighted by Crippen LogP contribution is -2.38. The number of nitrogens with one attached hydrogen (secondary N) is 1. The Morgan fingerprint density at radius 1 is 1.15 bits per heavy atom. The first kappa shape index (κ1) is 19.9. The molecule has 26 heavy (non-hydrogen) atoms. The van der Waals surface area contributed by atoms with Crippen LogP contribution in [0.3, 0.4) is 0 Å². The monoisotopic (exact) mass is 376 g/mol. The molecule has 0 atom stereocenters. The van der Waals surface area contributed by atoms with Gasteiger partial charge in [-0.15, -0.1) is 0 Å². The van der Waals surface area contributed by atoms with Crippen molar-refractivity contribution in [2.75, 3.05) is 18.0 Å². The van der Waals surface area contributed by atoms with Crippen LogP contribution in [0, 0.1) is 5.82 Å². The average Bonchev–Trinajstić information content (AvgIpc) is 2.58. The average molecular weight is 377 g/mol. The van der Waals surface area contributed by atoms with Crippen LogP contribution in [-0.2, 0) is 4.79 Å². The standard InChI is InChI=1S/C20H22ClFN2O2/c1-13(2)15-7-4-5-10-18(15)24(14(3)25)12-11-23-20(26)19-16(21)8-6-9-17(19)22/h4-10,13H,11-12H2,1-3H3,(H,23,26). The van der Waals surface area contributed by atoms with Crippen molar-refractivity contribution in [1.82, 2.24) is 5.32 Å². The van der Waals surface area contributed by atoms with E-state index in [1.807, 2.05) is 24.3 Å². The van der Waals surface area contributed by atoms with Gasteiger partial charge in [-0.1, -0.05) is 49.7 Å². The molecule has 0 aliphatic heterocycles. The van der Waals surface area contributed by atoms with Gasteiger partial charge >= 0.3 is 0 Å². The maximum atomic E-state index is 13.8. The van der Waals surface area contributed by atoms with E-state index in [1.165, 1.54) is 25.1 Å². The van der Waals surface area contributed by atoms with Crippen LogP contribution in [0.2, 0.25) is 5.02 Å². The van der Waals surface area contributed by atoms with Crippen LogP contribution in [-0.4, -0.2) is 24.9 Å². The van der Waals surface area contributed by atoms with Gasteiger partial charge in [-0.05, 0) is 29.7 Å². The number of benzene rings is 2. The fourth-order valence-corrected chi connectivity index (χ4v) is 3.00. The lowest BCUT2D eigenvalue weighted by molar-refractivity contribution is -0.116. The summed E-state index contributed by atoms with van der Waals surface area (Å²) in [5.74, 6) is -1.16. The maximum Gasteiger partial charge on any atom is 0.255 e. The van der Waals surface area contributed by atoms with Crippen molar-refractivity contribution in [3.05, 3.63) is 64.4 Å². The zero-order valence-electron chi connectivity index (χ0n) is 15.1. The van der Waals surface area contributed by atoms with Gasteiger partial charge < -0.3 is 10.2 Å². The van der Waals surface area contributed by atoms with Gasteiger partial charge in [0.15, 0.2) is 0 Å². The highest BCUT2D eigenvalue weighted by molar-refractivity contribution is 6.33. The Morgan fingerprint density at radius 2 is 1.85 bits per heavy atom. The molecule has 0 aliphatic rings. The molecule has 1 N–H and O–H groups in total. The van der Waals surface area contributed by atoms with Gasteiger partial charge in [0.1, 0.15) is 5.82 Å². The molecular weight excluding hydrogens is 355 g/mol. The van der Waals surface area contributed by atoms with Crippen molar-refractivity contribution < 1.29 is 14.0 Å². The third-order valence-corrected chi connectivity index (χ3v) is 4.36. The molecule has 0 aliphatic carbocycles. The molecule has 0 spiro atoms. The van der Waals surface area contributed by atoms with Crippen molar-refractivity contribution in [3.63, 3.8) is 0 Å². The first-order valence-electron chi connectivity index (χ1n) is 8.42. The van der Waals surface area contributed by atoms with Crippen LogP contribution in [0.5, 0.6) is 0 Å². The number of carbonyl (C=O) groups excluding carboxylic acids is 2. The van der Waals surface area contributed by atoms with E-state index >= 15 is 0 Å². The van der Waals surface area contributed by atoms with Gasteiger partial charge in [0.2, 0.25) is 5.91 Å². The van der Waals surface area contributed by atoms with Crippen molar-refractivity contribution in [3.8, 4) is 0 Å². The van der Waals surface area contributed by atoms with Crippen molar-refractivity contribution >= 4 is 29.1 Å². The number of rotatable bonds is 6. The predicted molar refractivity (Wildman–Crippen MR) is 102 cm³/mol. The zero-order chi connectivity index (χ0) is 19.3. The molecule has 2 amide bonds. The van der Waals surface area contributed by atoms with Crippen LogP contribution in [0.1, 0.15) is 42.6 Å². The minimum absolute atomic E-state index is 0.0519. The second-order valence-corrected chi connectivity index (χ2v) is 6.64. The fraction of sp³-hybridized carbons (Fsp3) is 0.300. The van der Waals surface area contributed by atoms with Gasteiger partial charge in [0.25, 0.3) is 5.91 Å². The Labute approximate surface area is 158 Å². The smallest absolute Gasteiger partial charge is 0.255 e. The molecule has 0 saturated heterocycles. The number of hydrogen-bond acceptors (Lipinski definition) is 2. The van der Waals surface area contributed by atoms with Crippen LogP contribution < -0.4 is 10.2 Å². The van der Waals surface area contributed by atoms with E-state index in [9.17, 15) is 14.0 Å². The molecule has 6 heteroatoms. The first-order chi connectivity index (χ1) is 12.3. The largest absolute Gasteiger partial charge is 0.350 e. The highest BCUT2D eigenvalue weighted by atomic mass is 35.5. The van der Waals surface area contributed by atoms with E-state index in [1.54, 1.807) is 4.90 Å². The third-order valence-electron chi connectivity index (χ3n) is 4.04. The molecular formula is C20H22ClFN2O2. The Morgan fingerprint density at radius 3 is 2.46 bits per heavy atom. The minimum atomic E-state index is -0.677. The number of anilines is 1. The maximum absolute atomic E-state index is 13.8. The Bertz CT molecular complexity index is 788. The Kier molecular flexibility index (Phi) is 6.75. The van der Waals surface area contributed by atoms with Gasteiger partial charge in [-0.25, -0.2) is 4.39 Å². The molecule has 0 unspecified atom stereocenters. The van der Waals surface area contributed by atoms with E-state index in [0.717, 1.165) is 11.3 Å². The number of para-hydroxylation sites is 1. The number of nitrogens with zero attached hydrogens (tertiary/aromatic N) is 1. The van der Waals surface area contributed by atoms with Crippen LogP contribution >= 0.6 is 11.6 Å². The summed E-state index contributed by atoms with van der Waals surface area (Å²) in [6.07, 6.45) is 0. The minimum Gasteiger partial charge on any atom is -0.350 e. The number of amides is 2. The summed E-state index contributed by atoms with van der Waals surface area (Å²) in [7, 11) is 0. The molecule has 0 saturated carbocycles. The van der Waals surface area contributed by atoms with E-state index in [2.05, 4.69) is 19.2 Å². The second kappa shape index (κ2) is 8.81. The molecule has 4 nitrogen and oxygen atoms in total. The molecule has 0 fully saturated rings. The summed E-state index contributed by atoms with van der Waals surface area (Å²) >= 11 is 5.90. The summed E-state index contributed by atoms with van der Waals surface area (Å²) in [5.41, 5.74) is 1.67. The van der Waals surface area contributed by atoms with Crippen LogP contribution in [0.15, 0.2) is 42.5 Å². The van der Waals surface area contributed by atoms with Crippen molar-refractivity contribution in [2.24, 2.45) is 0 Å². The van der Waals surface area contributed by atoms with Gasteiger partial charge in [0.05, 0.1) is 10.6 Å². The number of carbonyl (C=O) groups is 2. The topological polar surface area (TPSA) is 49.4 Å². The molecule has 0 radical (unpaired) electrons. The summed E-state index contributed by atoms with van der Waals surface area (Å²) in [6.45, 7) is 6.04. The Hall–Kier alpha value is -2.40. The summed E-state index contributed by atoms with van der Waals surface area (Å²) in [4.78, 5) is 25.9. The quantitative estimate of drug-likeness (QED) is 0.813. The predicted octanol–water partition coefficient (Wildman–Crippen LogP) is 4.39. The molecule has 0 aromatic heterocycles. The zero-order valence-corrected chi connectivity index (χ0v) is 15.8. The fourth-order valence-electron chi connectivity index (χ4n) is 2.75. The van der Waals surface area contributed by atoms with Crippen molar-refractivity contribution in [1.29, 1.82) is 0 Å². The van der Waals surface area contributed by atoms with Gasteiger partial charge in [-0.2, -0.15) is 0 Å². The Balaban J connectivity index is 2.11. The molecule has 0 bridgehead atoms. The molecule has 0 heterocycles. The van der Waals surface area contributed by atoms with E-state index in [0.29, 0.717) is 0 Å². The number of halogens is 2. The van der Waals surface area contributed by atoms with E-state index in [-0.39, 0.29) is 35.5 Å². The lowest BCUT2D eigenvalue weighted by atomic mass is 10.0. The molecule has 138 valence electrons. The van der Waals surface area contributed by atoms with Crippen LogP contribution in [0.4, 0.5) is 10.1 Å². The molecule has 2 aromatic carbocycles.